The van der Waals surface area contributed by atoms with Crippen molar-refractivity contribution >= 4 is 27.3 Å². The van der Waals surface area contributed by atoms with Crippen molar-refractivity contribution < 1.29 is 13.2 Å². The number of hydrogen-bond donors (Lipinski definition) is 1. The van der Waals surface area contributed by atoms with Crippen LogP contribution >= 0.6 is 0 Å². The van der Waals surface area contributed by atoms with E-state index in [0.29, 0.717) is 11.2 Å². The normalized spacial score (nSPS) is 11.6. The van der Waals surface area contributed by atoms with E-state index in [-0.39, 0.29) is 11.6 Å². The molecule has 0 fully saturated rings. The van der Waals surface area contributed by atoms with Crippen LogP contribution in [0.25, 0.3) is 5.65 Å². The highest BCUT2D eigenvalue weighted by atomic mass is 32.2. The Kier molecular flexibility index (Phi) is 2.58. The Morgan fingerprint density at radius 3 is 2.76 bits per heavy atom. The zero-order chi connectivity index (χ0) is 12.6. The Bertz CT molecular complexity index is 689. The largest absolute Gasteiger partial charge is 0.294 e. The molecule has 1 N–H and O–H groups in total. The van der Waals surface area contributed by atoms with E-state index in [0.717, 1.165) is 6.26 Å². The molecule has 0 amide bonds. The van der Waals surface area contributed by atoms with Crippen molar-refractivity contribution in [3.63, 3.8) is 0 Å². The maximum Gasteiger partial charge on any atom is 0.230 e. The molecule has 8 heteroatoms. The van der Waals surface area contributed by atoms with Crippen molar-refractivity contribution in [2.75, 3.05) is 11.0 Å². The van der Waals surface area contributed by atoms with Gasteiger partial charge in [0.1, 0.15) is 5.82 Å². The summed E-state index contributed by atoms with van der Waals surface area (Å²) < 4.78 is 25.8. The first-order chi connectivity index (χ1) is 7.87. The first-order valence-corrected chi connectivity index (χ1v) is 6.59. The average molecular weight is 254 g/mol. The minimum absolute atomic E-state index is 0.156. The number of nitrogens with zero attached hydrogens (tertiary/aromatic N) is 3. The molecule has 0 atom stereocenters. The van der Waals surface area contributed by atoms with E-state index in [1.807, 2.05) is 0 Å². The molecule has 0 bridgehead atoms. The van der Waals surface area contributed by atoms with Crippen LogP contribution in [0, 0.1) is 0 Å². The SMILES string of the molecule is CC(=O)c1cnn2ccc(NS(C)(=O)=O)nc12. The second kappa shape index (κ2) is 3.81. The number of carbonyl (C=O) groups excluding carboxylic acids is 1. The number of ketones is 1. The summed E-state index contributed by atoms with van der Waals surface area (Å²) in [6.45, 7) is 1.40. The monoisotopic (exact) mass is 254 g/mol. The minimum Gasteiger partial charge on any atom is -0.294 e. The van der Waals surface area contributed by atoms with Crippen LogP contribution in [0.4, 0.5) is 5.82 Å². The summed E-state index contributed by atoms with van der Waals surface area (Å²) in [4.78, 5) is 15.3. The summed E-state index contributed by atoms with van der Waals surface area (Å²) in [5.41, 5.74) is 0.674. The third kappa shape index (κ3) is 2.41. The van der Waals surface area contributed by atoms with Gasteiger partial charge in [0.2, 0.25) is 10.0 Å². The molecule has 0 aliphatic rings. The standard InChI is InChI=1S/C9H10N4O3S/c1-6(14)7-5-10-13-4-3-8(11-9(7)13)12-17(2,15)16/h3-5H,1-2H3,(H,11,12). The van der Waals surface area contributed by atoms with Crippen LogP contribution in [0.15, 0.2) is 18.5 Å². The van der Waals surface area contributed by atoms with Gasteiger partial charge >= 0.3 is 0 Å². The molecule has 0 aromatic carbocycles. The molecule has 2 aromatic rings. The van der Waals surface area contributed by atoms with Crippen molar-refractivity contribution in [3.05, 3.63) is 24.0 Å². The van der Waals surface area contributed by atoms with Gasteiger partial charge in [0.15, 0.2) is 11.4 Å². The van der Waals surface area contributed by atoms with Crippen molar-refractivity contribution in [1.29, 1.82) is 0 Å². The fourth-order valence-electron chi connectivity index (χ4n) is 1.36. The number of rotatable bonds is 3. The molecule has 2 aromatic heterocycles. The molecule has 0 spiro atoms. The van der Waals surface area contributed by atoms with Crippen molar-refractivity contribution in [2.24, 2.45) is 0 Å². The molecule has 7 nitrogen and oxygen atoms in total. The summed E-state index contributed by atoms with van der Waals surface area (Å²) in [6, 6.07) is 1.46. The molecule has 17 heavy (non-hydrogen) atoms. The number of Topliss-reactive ketones (excluding diaryl/α,β-unsaturated/α-hetero) is 1. The fourth-order valence-corrected chi connectivity index (χ4v) is 1.86. The third-order valence-corrected chi connectivity index (χ3v) is 2.62. The zero-order valence-corrected chi connectivity index (χ0v) is 10.0. The van der Waals surface area contributed by atoms with Gasteiger partial charge in [-0.15, -0.1) is 0 Å². The first-order valence-electron chi connectivity index (χ1n) is 4.70. The average Bonchev–Trinajstić information content (AvgIpc) is 2.57. The van der Waals surface area contributed by atoms with Gasteiger partial charge in [-0.25, -0.2) is 17.9 Å². The van der Waals surface area contributed by atoms with E-state index in [1.54, 1.807) is 0 Å². The summed E-state index contributed by atoms with van der Waals surface area (Å²) >= 11 is 0. The van der Waals surface area contributed by atoms with Gasteiger partial charge in [-0.3, -0.25) is 9.52 Å². The van der Waals surface area contributed by atoms with E-state index in [1.165, 1.54) is 29.9 Å². The number of aromatic nitrogens is 3. The molecule has 0 aliphatic heterocycles. The second-order valence-corrected chi connectivity index (χ2v) is 5.32. The lowest BCUT2D eigenvalue weighted by molar-refractivity contribution is 0.101. The van der Waals surface area contributed by atoms with E-state index in [9.17, 15) is 13.2 Å². The number of fused-ring (bicyclic) bond motifs is 1. The summed E-state index contributed by atoms with van der Waals surface area (Å²) in [7, 11) is -3.39. The second-order valence-electron chi connectivity index (χ2n) is 3.57. The van der Waals surface area contributed by atoms with E-state index in [2.05, 4.69) is 14.8 Å². The van der Waals surface area contributed by atoms with Gasteiger partial charge in [-0.2, -0.15) is 5.10 Å². The Labute approximate surface area is 97.5 Å². The molecular weight excluding hydrogens is 244 g/mol. The molecule has 90 valence electrons. The van der Waals surface area contributed by atoms with Gasteiger partial charge in [-0.05, 0) is 13.0 Å². The molecule has 0 unspecified atom stereocenters. The van der Waals surface area contributed by atoms with Gasteiger partial charge in [-0.1, -0.05) is 0 Å². The van der Waals surface area contributed by atoms with Crippen LogP contribution in [-0.2, 0) is 10.0 Å². The predicted molar refractivity (Wildman–Crippen MR) is 61.5 cm³/mol. The van der Waals surface area contributed by atoms with Gasteiger partial charge < -0.3 is 0 Å². The van der Waals surface area contributed by atoms with Gasteiger partial charge in [0.25, 0.3) is 0 Å². The van der Waals surface area contributed by atoms with Crippen LogP contribution in [0.1, 0.15) is 17.3 Å². The Morgan fingerprint density at radius 2 is 2.18 bits per heavy atom. The lowest BCUT2D eigenvalue weighted by atomic mass is 10.2. The third-order valence-electron chi connectivity index (χ3n) is 2.04. The predicted octanol–water partition coefficient (Wildman–Crippen LogP) is 0.303. The van der Waals surface area contributed by atoms with Crippen LogP contribution in [0.3, 0.4) is 0 Å². The Hall–Kier alpha value is -1.96. The van der Waals surface area contributed by atoms with E-state index >= 15 is 0 Å². The maximum atomic E-state index is 11.3. The Balaban J connectivity index is 2.55. The number of hydrogen-bond acceptors (Lipinski definition) is 5. The quantitative estimate of drug-likeness (QED) is 0.795. The minimum atomic E-state index is -3.39. The number of sulfonamides is 1. The van der Waals surface area contributed by atoms with Crippen molar-refractivity contribution in [1.82, 2.24) is 14.6 Å². The Morgan fingerprint density at radius 1 is 1.47 bits per heavy atom. The van der Waals surface area contributed by atoms with Crippen LogP contribution < -0.4 is 4.72 Å². The van der Waals surface area contributed by atoms with E-state index < -0.39 is 10.0 Å². The lowest BCUT2D eigenvalue weighted by Gasteiger charge is -2.03. The van der Waals surface area contributed by atoms with Gasteiger partial charge in [0, 0.05) is 6.20 Å². The summed E-state index contributed by atoms with van der Waals surface area (Å²) in [5, 5.41) is 3.93. The first kappa shape index (κ1) is 11.5. The molecule has 2 heterocycles. The topological polar surface area (TPSA) is 93.4 Å². The highest BCUT2D eigenvalue weighted by molar-refractivity contribution is 7.92. The smallest absolute Gasteiger partial charge is 0.230 e. The van der Waals surface area contributed by atoms with E-state index in [4.69, 9.17) is 0 Å². The summed E-state index contributed by atoms with van der Waals surface area (Å²) in [5.74, 6) is -0.0213. The van der Waals surface area contributed by atoms with Crippen LogP contribution in [0.2, 0.25) is 0 Å². The molecular formula is C9H10N4O3S. The molecule has 0 saturated heterocycles. The van der Waals surface area contributed by atoms with Crippen molar-refractivity contribution in [2.45, 2.75) is 6.92 Å². The molecule has 0 saturated carbocycles. The van der Waals surface area contributed by atoms with Crippen LogP contribution in [0.5, 0.6) is 0 Å². The fraction of sp³-hybridized carbons (Fsp3) is 0.222. The molecule has 2 rings (SSSR count). The van der Waals surface area contributed by atoms with Crippen LogP contribution in [-0.4, -0.2) is 35.1 Å². The lowest BCUT2D eigenvalue weighted by Crippen LogP contribution is -2.11. The zero-order valence-electron chi connectivity index (χ0n) is 9.21. The van der Waals surface area contributed by atoms with Gasteiger partial charge in [0.05, 0.1) is 18.0 Å². The van der Waals surface area contributed by atoms with Crippen molar-refractivity contribution in [3.8, 4) is 0 Å². The highest BCUT2D eigenvalue weighted by Gasteiger charge is 2.11. The molecule has 0 radical (unpaired) electrons. The number of nitrogens with one attached hydrogen (secondary N) is 1. The molecule has 0 aliphatic carbocycles. The number of anilines is 1. The highest BCUT2D eigenvalue weighted by Crippen LogP contribution is 2.12. The summed E-state index contributed by atoms with van der Waals surface area (Å²) in [6.07, 6.45) is 3.96. The number of carbonyl (C=O) groups is 1. The maximum absolute atomic E-state index is 11.3.